The van der Waals surface area contributed by atoms with Gasteiger partial charge in [0, 0.05) is 12.1 Å². The Morgan fingerprint density at radius 3 is 2.72 bits per heavy atom. The van der Waals surface area contributed by atoms with Crippen LogP contribution in [0.1, 0.15) is 49.3 Å². The molecule has 1 atom stereocenters. The van der Waals surface area contributed by atoms with Crippen molar-refractivity contribution in [2.45, 2.75) is 33.2 Å². The highest BCUT2D eigenvalue weighted by Crippen LogP contribution is 2.19. The van der Waals surface area contributed by atoms with Crippen LogP contribution < -0.4 is 5.32 Å². The van der Waals surface area contributed by atoms with Crippen molar-refractivity contribution in [2.75, 3.05) is 26.2 Å². The van der Waals surface area contributed by atoms with Crippen LogP contribution in [0.15, 0.2) is 30.5 Å². The average molecular weight is 347 g/mol. The molecule has 0 aliphatic rings. The highest BCUT2D eigenvalue weighted by atomic mass is 19.1. The first-order chi connectivity index (χ1) is 12.1. The Kier molecular flexibility index (Phi) is 7.06. The van der Waals surface area contributed by atoms with Gasteiger partial charge in [0.25, 0.3) is 5.91 Å². The molecule has 0 saturated heterocycles. The molecule has 0 radical (unpaired) electrons. The molecular weight excluding hydrogens is 321 g/mol. The fourth-order valence-corrected chi connectivity index (χ4v) is 2.66. The van der Waals surface area contributed by atoms with Crippen LogP contribution in [-0.4, -0.2) is 52.0 Å². The van der Waals surface area contributed by atoms with E-state index in [9.17, 15) is 9.18 Å². The molecule has 1 aromatic carbocycles. The third kappa shape index (κ3) is 5.09. The zero-order valence-corrected chi connectivity index (χ0v) is 15.1. The fourth-order valence-electron chi connectivity index (χ4n) is 2.66. The van der Waals surface area contributed by atoms with Gasteiger partial charge in [-0.3, -0.25) is 4.79 Å². The molecule has 25 heavy (non-hydrogen) atoms. The number of amides is 1. The van der Waals surface area contributed by atoms with Crippen LogP contribution in [0, 0.1) is 5.82 Å². The molecular formula is C18H26FN5O. The van der Waals surface area contributed by atoms with E-state index in [0.717, 1.165) is 26.1 Å². The van der Waals surface area contributed by atoms with Gasteiger partial charge in [-0.2, -0.15) is 0 Å². The molecule has 0 fully saturated rings. The minimum atomic E-state index is -0.335. The van der Waals surface area contributed by atoms with Gasteiger partial charge in [-0.05, 0) is 39.0 Å². The lowest BCUT2D eigenvalue weighted by atomic mass is 10.1. The van der Waals surface area contributed by atoms with Gasteiger partial charge in [0.1, 0.15) is 5.82 Å². The Balaban J connectivity index is 1.90. The third-order valence-corrected chi connectivity index (χ3v) is 4.33. The average Bonchev–Trinajstić information content (AvgIpc) is 3.12. The van der Waals surface area contributed by atoms with Crippen molar-refractivity contribution < 1.29 is 9.18 Å². The first-order valence-electron chi connectivity index (χ1n) is 8.73. The molecule has 0 aliphatic carbocycles. The first kappa shape index (κ1) is 19.1. The molecule has 1 aromatic heterocycles. The maximum Gasteiger partial charge on any atom is 0.273 e. The highest BCUT2D eigenvalue weighted by molar-refractivity contribution is 5.91. The smallest absolute Gasteiger partial charge is 0.273 e. The Hall–Kier alpha value is -2.28. The van der Waals surface area contributed by atoms with E-state index in [4.69, 9.17) is 0 Å². The van der Waals surface area contributed by atoms with Crippen LogP contribution >= 0.6 is 0 Å². The molecule has 0 aliphatic heterocycles. The lowest BCUT2D eigenvalue weighted by Crippen LogP contribution is -2.30. The molecule has 0 spiro atoms. The maximum atomic E-state index is 13.9. The quantitative estimate of drug-likeness (QED) is 0.708. The number of hydrogen-bond acceptors (Lipinski definition) is 4. The second-order valence-electron chi connectivity index (χ2n) is 5.92. The second kappa shape index (κ2) is 9.27. The number of nitrogens with one attached hydrogen (secondary N) is 1. The molecule has 0 saturated carbocycles. The van der Waals surface area contributed by atoms with E-state index >= 15 is 0 Å². The molecule has 136 valence electrons. The predicted molar refractivity (Wildman–Crippen MR) is 95.0 cm³/mol. The topological polar surface area (TPSA) is 63.1 Å². The van der Waals surface area contributed by atoms with Crippen LogP contribution in [0.4, 0.5) is 4.39 Å². The van der Waals surface area contributed by atoms with Gasteiger partial charge in [-0.15, -0.1) is 5.10 Å². The number of carbonyl (C=O) groups is 1. The van der Waals surface area contributed by atoms with Gasteiger partial charge in [-0.25, -0.2) is 9.07 Å². The van der Waals surface area contributed by atoms with Gasteiger partial charge >= 0.3 is 0 Å². The molecule has 0 bridgehead atoms. The van der Waals surface area contributed by atoms with Crippen molar-refractivity contribution in [1.82, 2.24) is 25.2 Å². The summed E-state index contributed by atoms with van der Waals surface area (Å²) in [4.78, 5) is 14.5. The van der Waals surface area contributed by atoms with E-state index in [0.29, 0.717) is 12.1 Å². The maximum absolute atomic E-state index is 13.9. The SMILES string of the molecule is CCN(CC)CCCNC(=O)c1cn([C@@H](C)c2ccccc2F)nn1. The van der Waals surface area contributed by atoms with Crippen molar-refractivity contribution in [2.24, 2.45) is 0 Å². The van der Waals surface area contributed by atoms with Crippen LogP contribution in [0.3, 0.4) is 0 Å². The molecule has 2 rings (SSSR count). The standard InChI is InChI=1S/C18H26FN5O/c1-4-23(5-2)12-8-11-20-18(25)17-13-24(22-21-17)14(3)15-9-6-7-10-16(15)19/h6-7,9-10,13-14H,4-5,8,11-12H2,1-3H3,(H,20,25)/t14-/m0/s1. The van der Waals surface area contributed by atoms with E-state index in [2.05, 4.69) is 34.4 Å². The number of hydrogen-bond donors (Lipinski definition) is 1. The van der Waals surface area contributed by atoms with Crippen molar-refractivity contribution in [3.8, 4) is 0 Å². The third-order valence-electron chi connectivity index (χ3n) is 4.33. The first-order valence-corrected chi connectivity index (χ1v) is 8.73. The van der Waals surface area contributed by atoms with Crippen LogP contribution in [0.5, 0.6) is 0 Å². The highest BCUT2D eigenvalue weighted by Gasteiger charge is 2.16. The van der Waals surface area contributed by atoms with Crippen molar-refractivity contribution in [3.63, 3.8) is 0 Å². The number of rotatable bonds is 9. The Morgan fingerprint density at radius 1 is 1.32 bits per heavy atom. The molecule has 1 heterocycles. The molecule has 2 aromatic rings. The minimum absolute atomic E-state index is 0.242. The summed E-state index contributed by atoms with van der Waals surface area (Å²) in [5.41, 5.74) is 0.754. The lowest BCUT2D eigenvalue weighted by Gasteiger charge is -2.17. The van der Waals surface area contributed by atoms with Gasteiger partial charge < -0.3 is 10.2 Å². The number of aromatic nitrogens is 3. The monoisotopic (exact) mass is 347 g/mol. The fraction of sp³-hybridized carbons (Fsp3) is 0.500. The summed E-state index contributed by atoms with van der Waals surface area (Å²) in [6.07, 6.45) is 2.43. The Labute approximate surface area is 148 Å². The van der Waals surface area contributed by atoms with E-state index in [1.165, 1.54) is 10.7 Å². The summed E-state index contributed by atoms with van der Waals surface area (Å²) in [5, 5.41) is 10.7. The number of carbonyl (C=O) groups excluding carboxylic acids is 1. The zero-order valence-electron chi connectivity index (χ0n) is 15.1. The summed E-state index contributed by atoms with van der Waals surface area (Å²) < 4.78 is 15.4. The van der Waals surface area contributed by atoms with Crippen LogP contribution in [-0.2, 0) is 0 Å². The van der Waals surface area contributed by atoms with E-state index in [-0.39, 0.29) is 23.5 Å². The summed E-state index contributed by atoms with van der Waals surface area (Å²) >= 11 is 0. The van der Waals surface area contributed by atoms with Crippen LogP contribution in [0.2, 0.25) is 0 Å². The summed E-state index contributed by atoms with van der Waals surface area (Å²) in [6, 6.07) is 6.19. The molecule has 6 nitrogen and oxygen atoms in total. The van der Waals surface area contributed by atoms with E-state index in [1.807, 2.05) is 6.92 Å². The molecule has 1 amide bonds. The second-order valence-corrected chi connectivity index (χ2v) is 5.92. The van der Waals surface area contributed by atoms with E-state index in [1.54, 1.807) is 24.4 Å². The van der Waals surface area contributed by atoms with E-state index < -0.39 is 0 Å². The number of benzene rings is 1. The lowest BCUT2D eigenvalue weighted by molar-refractivity contribution is 0.0946. The van der Waals surface area contributed by atoms with Gasteiger partial charge in [0.15, 0.2) is 5.69 Å². The van der Waals surface area contributed by atoms with Gasteiger partial charge in [0.05, 0.1) is 12.2 Å². The number of nitrogens with zero attached hydrogens (tertiary/aromatic N) is 4. The Morgan fingerprint density at radius 2 is 2.04 bits per heavy atom. The normalized spacial score (nSPS) is 12.4. The summed E-state index contributed by atoms with van der Waals surface area (Å²) in [7, 11) is 0. The van der Waals surface area contributed by atoms with Crippen molar-refractivity contribution >= 4 is 5.91 Å². The molecule has 0 unspecified atom stereocenters. The molecule has 7 heteroatoms. The van der Waals surface area contributed by atoms with Crippen molar-refractivity contribution in [1.29, 1.82) is 0 Å². The largest absolute Gasteiger partial charge is 0.351 e. The predicted octanol–water partition coefficient (Wildman–Crippen LogP) is 2.49. The molecule has 1 N–H and O–H groups in total. The number of halogens is 1. The van der Waals surface area contributed by atoms with Gasteiger partial charge in [-0.1, -0.05) is 37.3 Å². The van der Waals surface area contributed by atoms with Crippen molar-refractivity contribution in [3.05, 3.63) is 47.5 Å². The minimum Gasteiger partial charge on any atom is -0.351 e. The summed E-state index contributed by atoms with van der Waals surface area (Å²) in [6.45, 7) is 9.61. The van der Waals surface area contributed by atoms with Gasteiger partial charge in [0.2, 0.25) is 0 Å². The zero-order chi connectivity index (χ0) is 18.2. The van der Waals surface area contributed by atoms with Crippen LogP contribution in [0.25, 0.3) is 0 Å². The Bertz CT molecular complexity index is 684. The summed E-state index contributed by atoms with van der Waals surface area (Å²) in [5.74, 6) is -0.556.